The van der Waals surface area contributed by atoms with Gasteiger partial charge in [0.15, 0.2) is 10.8 Å². The van der Waals surface area contributed by atoms with E-state index in [0.717, 1.165) is 0 Å². The predicted octanol–water partition coefficient (Wildman–Crippen LogP) is 4.76. The number of allylic oxidation sites excluding steroid dienone is 1. The lowest BCUT2D eigenvalue weighted by molar-refractivity contribution is -0.136. The fraction of sp³-hybridized carbons (Fsp3) is 0.417. The van der Waals surface area contributed by atoms with E-state index in [0.29, 0.717) is 40.5 Å². The minimum Gasteiger partial charge on any atom is -0.466 e. The number of esters is 1. The monoisotopic (exact) mass is 520 g/mol. The number of hydrogen-bond donors (Lipinski definition) is 2. The van der Waals surface area contributed by atoms with Gasteiger partial charge >= 0.3 is 12.1 Å². The third-order valence-corrected chi connectivity index (χ3v) is 6.75. The van der Waals surface area contributed by atoms with E-state index in [1.54, 1.807) is 27.0 Å². The van der Waals surface area contributed by atoms with Gasteiger partial charge in [-0.05, 0) is 45.7 Å². The number of amides is 1. The van der Waals surface area contributed by atoms with Crippen LogP contribution in [0.15, 0.2) is 46.0 Å². The fourth-order valence-corrected chi connectivity index (χ4v) is 4.92. The van der Waals surface area contributed by atoms with E-state index >= 15 is 0 Å². The molecule has 35 heavy (non-hydrogen) atoms. The largest absolute Gasteiger partial charge is 0.466 e. The number of aromatic nitrogens is 1. The molecule has 1 aliphatic carbocycles. The molecule has 1 fully saturated rings. The summed E-state index contributed by atoms with van der Waals surface area (Å²) >= 11 is 7.77. The fourth-order valence-electron chi connectivity index (χ4n) is 4.06. The normalized spacial score (nSPS) is 22.0. The lowest BCUT2D eigenvalue weighted by atomic mass is 9.75. The van der Waals surface area contributed by atoms with Gasteiger partial charge in [-0.15, -0.1) is 11.3 Å². The van der Waals surface area contributed by atoms with Gasteiger partial charge in [-0.1, -0.05) is 17.7 Å². The molecule has 11 heteroatoms. The number of methoxy groups -OCH3 is 1. The van der Waals surface area contributed by atoms with Crippen molar-refractivity contribution in [3.63, 3.8) is 0 Å². The number of ether oxygens (including phenoxy) is 2. The first-order chi connectivity index (χ1) is 16.6. The topological polar surface area (TPSA) is 102 Å². The number of alkyl carbamates (subject to hydrolysis) is 1. The van der Waals surface area contributed by atoms with E-state index in [1.807, 2.05) is 5.38 Å². The average Bonchev–Trinajstić information content (AvgIpc) is 3.28. The van der Waals surface area contributed by atoms with Crippen molar-refractivity contribution >= 4 is 40.8 Å². The maximum atomic E-state index is 13.8. The molecule has 2 heterocycles. The van der Waals surface area contributed by atoms with Crippen LogP contribution in [0, 0.1) is 11.7 Å². The second-order valence-electron chi connectivity index (χ2n) is 9.34. The van der Waals surface area contributed by atoms with Crippen molar-refractivity contribution in [1.82, 2.24) is 15.6 Å². The van der Waals surface area contributed by atoms with E-state index in [1.165, 1.54) is 36.6 Å². The van der Waals surface area contributed by atoms with Gasteiger partial charge in [0.1, 0.15) is 17.5 Å². The van der Waals surface area contributed by atoms with Gasteiger partial charge in [0, 0.05) is 39.8 Å². The summed E-state index contributed by atoms with van der Waals surface area (Å²) in [5, 5.41) is 8.76. The number of benzene rings is 1. The number of carbonyl (C=O) groups is 2. The molecule has 2 aromatic rings. The highest BCUT2D eigenvalue weighted by Gasteiger charge is 2.41. The van der Waals surface area contributed by atoms with Crippen molar-refractivity contribution in [1.29, 1.82) is 0 Å². The zero-order valence-corrected chi connectivity index (χ0v) is 21.3. The summed E-state index contributed by atoms with van der Waals surface area (Å²) in [7, 11) is 1.30. The summed E-state index contributed by atoms with van der Waals surface area (Å²) in [5.74, 6) is -0.660. The number of nitrogens with one attached hydrogen (secondary N) is 2. The van der Waals surface area contributed by atoms with Crippen LogP contribution < -0.4 is 10.6 Å². The first kappa shape index (κ1) is 25.1. The summed E-state index contributed by atoms with van der Waals surface area (Å²) in [6, 6.07) is 3.06. The minimum atomic E-state index is -0.816. The summed E-state index contributed by atoms with van der Waals surface area (Å²) < 4.78 is 24.2. The van der Waals surface area contributed by atoms with E-state index in [9.17, 15) is 14.0 Å². The molecule has 2 aliphatic rings. The average molecular weight is 521 g/mol. The maximum absolute atomic E-state index is 13.8. The van der Waals surface area contributed by atoms with Gasteiger partial charge in [0.2, 0.25) is 0 Å². The molecule has 0 spiro atoms. The number of thiazole rings is 1. The van der Waals surface area contributed by atoms with Gasteiger partial charge in [0.25, 0.3) is 0 Å². The molecule has 1 aromatic carbocycles. The number of nitrogens with zero attached hydrogens (tertiary/aromatic N) is 2. The molecule has 4 rings (SSSR count). The molecule has 0 radical (unpaired) electrons. The molecule has 1 atom stereocenters. The summed E-state index contributed by atoms with van der Waals surface area (Å²) in [6.45, 7) is 5.40. The Morgan fingerprint density at radius 1 is 1.29 bits per heavy atom. The molecule has 1 aromatic heterocycles. The van der Waals surface area contributed by atoms with E-state index < -0.39 is 29.5 Å². The van der Waals surface area contributed by atoms with Crippen molar-refractivity contribution in [2.24, 2.45) is 10.9 Å². The van der Waals surface area contributed by atoms with E-state index in [4.69, 9.17) is 26.1 Å². The van der Waals surface area contributed by atoms with Crippen molar-refractivity contribution in [2.75, 3.05) is 7.11 Å². The van der Waals surface area contributed by atoms with Crippen molar-refractivity contribution in [3.05, 3.63) is 62.5 Å². The molecule has 186 valence electrons. The van der Waals surface area contributed by atoms with Crippen LogP contribution in [-0.4, -0.2) is 41.6 Å². The molecule has 0 bridgehead atoms. The quantitative estimate of drug-likeness (QED) is 0.551. The van der Waals surface area contributed by atoms with Gasteiger partial charge < -0.3 is 20.1 Å². The lowest BCUT2D eigenvalue weighted by Crippen LogP contribution is -2.49. The maximum Gasteiger partial charge on any atom is 0.407 e. The summed E-state index contributed by atoms with van der Waals surface area (Å²) in [6.07, 6.45) is 2.34. The first-order valence-electron chi connectivity index (χ1n) is 11.1. The molecule has 1 saturated carbocycles. The highest BCUT2D eigenvalue weighted by molar-refractivity contribution is 7.11. The molecule has 0 saturated heterocycles. The number of amidine groups is 1. The number of rotatable bonds is 5. The van der Waals surface area contributed by atoms with Crippen LogP contribution in [-0.2, 0) is 14.3 Å². The molecular weight excluding hydrogens is 495 g/mol. The number of halogens is 2. The molecule has 1 amide bonds. The van der Waals surface area contributed by atoms with Crippen molar-refractivity contribution < 1.29 is 23.5 Å². The smallest absolute Gasteiger partial charge is 0.407 e. The molecule has 1 unspecified atom stereocenters. The standard InChI is InChI=1S/C24H26ClFN4O4S/c1-24(2,3)34-23(32)28-14-9-12(10-14)18-17(22(31)33-4)19(15-6-5-13(26)11-16(15)25)30-20(29-18)21-27-7-8-35-21/h5-8,11-12,14,19H,9-10H2,1-4H3,(H,28,32)(H,29,30)/t12-,14-,19?. The van der Waals surface area contributed by atoms with Crippen LogP contribution in [0.1, 0.15) is 50.2 Å². The highest BCUT2D eigenvalue weighted by Crippen LogP contribution is 2.42. The number of carbonyl (C=O) groups excluding carboxylic acids is 2. The lowest BCUT2D eigenvalue weighted by Gasteiger charge is -2.40. The SMILES string of the molecule is COC(=O)C1=C([C@H]2C[C@H](NC(=O)OC(C)(C)C)C2)NC(c2nccs2)=NC1c1ccc(F)cc1Cl. The Hall–Kier alpha value is -2.98. The Labute approximate surface area is 211 Å². The molecule has 2 N–H and O–H groups in total. The molecule has 8 nitrogen and oxygen atoms in total. The number of aliphatic imine (C=N–C) groups is 1. The summed E-state index contributed by atoms with van der Waals surface area (Å²) in [4.78, 5) is 34.2. The zero-order chi connectivity index (χ0) is 25.3. The van der Waals surface area contributed by atoms with Crippen molar-refractivity contribution in [3.8, 4) is 0 Å². The van der Waals surface area contributed by atoms with Crippen LogP contribution >= 0.6 is 22.9 Å². The van der Waals surface area contributed by atoms with Crippen LogP contribution in [0.5, 0.6) is 0 Å². The Kier molecular flexibility index (Phi) is 7.14. The Bertz CT molecular complexity index is 1190. The third kappa shape index (κ3) is 5.65. The van der Waals surface area contributed by atoms with Gasteiger partial charge in [-0.3, -0.25) is 4.99 Å². The third-order valence-electron chi connectivity index (χ3n) is 5.64. The molecule has 1 aliphatic heterocycles. The van der Waals surface area contributed by atoms with E-state index in [-0.39, 0.29) is 17.0 Å². The van der Waals surface area contributed by atoms with Crippen LogP contribution in [0.3, 0.4) is 0 Å². The second-order valence-corrected chi connectivity index (χ2v) is 10.6. The Morgan fingerprint density at radius 3 is 2.63 bits per heavy atom. The minimum absolute atomic E-state index is 0.0868. The highest BCUT2D eigenvalue weighted by atomic mass is 35.5. The second kappa shape index (κ2) is 9.94. The van der Waals surface area contributed by atoms with Crippen LogP contribution in [0.25, 0.3) is 0 Å². The zero-order valence-electron chi connectivity index (χ0n) is 19.7. The van der Waals surface area contributed by atoms with Crippen LogP contribution in [0.4, 0.5) is 9.18 Å². The first-order valence-corrected chi connectivity index (χ1v) is 12.3. The van der Waals surface area contributed by atoms with Gasteiger partial charge in [0.05, 0.1) is 12.7 Å². The van der Waals surface area contributed by atoms with Gasteiger partial charge in [-0.25, -0.2) is 19.0 Å². The Balaban J connectivity index is 1.67. The summed E-state index contributed by atoms with van der Waals surface area (Å²) in [5.41, 5.74) is 0.801. The van der Waals surface area contributed by atoms with Gasteiger partial charge in [-0.2, -0.15) is 0 Å². The predicted molar refractivity (Wildman–Crippen MR) is 131 cm³/mol. The molecular formula is C24H26ClFN4O4S. The number of hydrogen-bond acceptors (Lipinski definition) is 8. The Morgan fingerprint density at radius 2 is 2.03 bits per heavy atom. The van der Waals surface area contributed by atoms with Crippen LogP contribution in [0.2, 0.25) is 5.02 Å². The van der Waals surface area contributed by atoms with Crippen molar-refractivity contribution in [2.45, 2.75) is 51.3 Å². The van der Waals surface area contributed by atoms with E-state index in [2.05, 4.69) is 15.6 Å².